The quantitative estimate of drug-likeness (QED) is 0.167. The smallest absolute Gasteiger partial charge is 0.0546 e. The van der Waals surface area contributed by atoms with Crippen molar-refractivity contribution in [3.8, 4) is 22.3 Å². The lowest BCUT2D eigenvalue weighted by Gasteiger charge is -2.28. The van der Waals surface area contributed by atoms with Gasteiger partial charge in [0.05, 0.1) is 5.69 Å². The second-order valence-corrected chi connectivity index (χ2v) is 14.0. The van der Waals surface area contributed by atoms with Crippen molar-refractivity contribution in [2.75, 3.05) is 4.90 Å². The highest BCUT2D eigenvalue weighted by Gasteiger charge is 2.19. The Morgan fingerprint density at radius 2 is 0.920 bits per heavy atom. The molecule has 0 aliphatic rings. The third-order valence-electron chi connectivity index (χ3n) is 10.0. The summed E-state index contributed by atoms with van der Waals surface area (Å²) in [5.74, 6) is 0. The standard InChI is InChI=1S/C48H31NS/c1-3-19-39-32(12-1)14-11-24-40(39)35-17-9-15-33(28-35)34-16-10-18-37(29-34)49(38-26-27-48-45(31-38)44-23-7-8-25-47(44)50-48)46-30-36-13-2-4-20-41(36)42-21-5-6-22-43(42)46/h1-31H. The van der Waals surface area contributed by atoms with Gasteiger partial charge in [-0.1, -0.05) is 140 Å². The highest BCUT2D eigenvalue weighted by molar-refractivity contribution is 7.25. The first-order valence-electron chi connectivity index (χ1n) is 17.1. The maximum absolute atomic E-state index is 2.46. The highest BCUT2D eigenvalue weighted by atomic mass is 32.1. The third kappa shape index (κ3) is 4.76. The monoisotopic (exact) mass is 653 g/mol. The fraction of sp³-hybridized carbons (Fsp3) is 0. The third-order valence-corrected chi connectivity index (χ3v) is 11.2. The van der Waals surface area contributed by atoms with E-state index < -0.39 is 0 Å². The van der Waals surface area contributed by atoms with Gasteiger partial charge in [0.15, 0.2) is 0 Å². The summed E-state index contributed by atoms with van der Waals surface area (Å²) in [7, 11) is 0. The highest BCUT2D eigenvalue weighted by Crippen LogP contribution is 2.45. The first-order chi connectivity index (χ1) is 24.8. The van der Waals surface area contributed by atoms with Crippen LogP contribution in [0, 0.1) is 0 Å². The Morgan fingerprint density at radius 3 is 1.80 bits per heavy atom. The SMILES string of the molecule is c1cc(-c2cccc(N(c3ccc4sc5ccccc5c4c3)c3cc4ccccc4c4ccccc34)c2)cc(-c2cccc3ccccc23)c1. The number of fused-ring (bicyclic) bond motifs is 7. The average Bonchev–Trinajstić information content (AvgIpc) is 3.56. The van der Waals surface area contributed by atoms with E-state index in [1.807, 2.05) is 11.3 Å². The Labute approximate surface area is 294 Å². The Balaban J connectivity index is 1.19. The van der Waals surface area contributed by atoms with E-state index in [9.17, 15) is 0 Å². The Hall–Kier alpha value is -6.22. The molecule has 0 bridgehead atoms. The zero-order chi connectivity index (χ0) is 33.0. The molecule has 50 heavy (non-hydrogen) atoms. The van der Waals surface area contributed by atoms with Crippen LogP contribution in [0.15, 0.2) is 188 Å². The molecule has 1 heterocycles. The number of anilines is 3. The van der Waals surface area contributed by atoms with Gasteiger partial charge in [0.1, 0.15) is 0 Å². The zero-order valence-electron chi connectivity index (χ0n) is 27.3. The van der Waals surface area contributed by atoms with E-state index >= 15 is 0 Å². The van der Waals surface area contributed by atoms with E-state index in [4.69, 9.17) is 0 Å². The molecule has 9 aromatic carbocycles. The second kappa shape index (κ2) is 11.7. The number of hydrogen-bond donors (Lipinski definition) is 0. The molecule has 1 aromatic heterocycles. The lowest BCUT2D eigenvalue weighted by molar-refractivity contribution is 1.31. The summed E-state index contributed by atoms with van der Waals surface area (Å²) >= 11 is 1.86. The van der Waals surface area contributed by atoms with E-state index in [1.54, 1.807) is 0 Å². The maximum Gasteiger partial charge on any atom is 0.0546 e. The fourth-order valence-electron chi connectivity index (χ4n) is 7.67. The summed E-state index contributed by atoms with van der Waals surface area (Å²) in [6.07, 6.45) is 0. The van der Waals surface area contributed by atoms with Gasteiger partial charge in [0.2, 0.25) is 0 Å². The predicted molar refractivity (Wildman–Crippen MR) is 217 cm³/mol. The largest absolute Gasteiger partial charge is 0.310 e. The Kier molecular flexibility index (Phi) is 6.75. The summed E-state index contributed by atoms with van der Waals surface area (Å²) in [5, 5.41) is 10.1. The van der Waals surface area contributed by atoms with Crippen molar-refractivity contribution in [2.45, 2.75) is 0 Å². The van der Waals surface area contributed by atoms with E-state index in [0.717, 1.165) is 11.4 Å². The molecule has 10 aromatic rings. The van der Waals surface area contributed by atoms with Crippen molar-refractivity contribution >= 4 is 80.9 Å². The molecule has 234 valence electrons. The zero-order valence-corrected chi connectivity index (χ0v) is 28.1. The van der Waals surface area contributed by atoms with E-state index in [1.165, 1.54) is 80.4 Å². The van der Waals surface area contributed by atoms with Gasteiger partial charge < -0.3 is 4.90 Å². The fourth-order valence-corrected chi connectivity index (χ4v) is 8.75. The molecular formula is C48H31NS. The van der Waals surface area contributed by atoms with Crippen LogP contribution < -0.4 is 4.90 Å². The van der Waals surface area contributed by atoms with Crippen LogP contribution >= 0.6 is 11.3 Å². The molecule has 0 N–H and O–H groups in total. The molecule has 10 rings (SSSR count). The van der Waals surface area contributed by atoms with Crippen molar-refractivity contribution in [3.05, 3.63) is 188 Å². The second-order valence-electron chi connectivity index (χ2n) is 12.9. The first kappa shape index (κ1) is 28.8. The molecule has 0 radical (unpaired) electrons. The summed E-state index contributed by atoms with van der Waals surface area (Å²) in [6, 6.07) is 68.9. The topological polar surface area (TPSA) is 3.24 Å². The molecule has 0 aliphatic heterocycles. The molecular weight excluding hydrogens is 623 g/mol. The van der Waals surface area contributed by atoms with Crippen LogP contribution in [0.5, 0.6) is 0 Å². The minimum atomic E-state index is 1.12. The molecule has 0 saturated carbocycles. The van der Waals surface area contributed by atoms with Crippen molar-refractivity contribution in [3.63, 3.8) is 0 Å². The van der Waals surface area contributed by atoms with Crippen LogP contribution in [0.25, 0.3) is 74.7 Å². The van der Waals surface area contributed by atoms with Crippen molar-refractivity contribution in [1.82, 2.24) is 0 Å². The van der Waals surface area contributed by atoms with Gasteiger partial charge in [-0.25, -0.2) is 0 Å². The maximum atomic E-state index is 2.46. The van der Waals surface area contributed by atoms with Gasteiger partial charge >= 0.3 is 0 Å². The normalized spacial score (nSPS) is 11.6. The average molecular weight is 654 g/mol. The number of thiophene rings is 1. The number of nitrogens with zero attached hydrogens (tertiary/aromatic N) is 1. The lowest BCUT2D eigenvalue weighted by atomic mass is 9.95. The molecule has 0 spiro atoms. The van der Waals surface area contributed by atoms with E-state index in [-0.39, 0.29) is 0 Å². The van der Waals surface area contributed by atoms with Gasteiger partial charge in [0.25, 0.3) is 0 Å². The number of benzene rings is 9. The minimum absolute atomic E-state index is 1.12. The summed E-state index contributed by atoms with van der Waals surface area (Å²) in [4.78, 5) is 2.46. The molecule has 1 nitrogen and oxygen atoms in total. The lowest BCUT2D eigenvalue weighted by Crippen LogP contribution is -2.10. The first-order valence-corrected chi connectivity index (χ1v) is 17.9. The Bertz CT molecular complexity index is 2890. The molecule has 0 saturated heterocycles. The molecule has 0 amide bonds. The van der Waals surface area contributed by atoms with Crippen LogP contribution in [0.4, 0.5) is 17.1 Å². The Morgan fingerprint density at radius 1 is 0.320 bits per heavy atom. The molecule has 0 unspecified atom stereocenters. The van der Waals surface area contributed by atoms with Crippen LogP contribution in [-0.4, -0.2) is 0 Å². The molecule has 0 aliphatic carbocycles. The van der Waals surface area contributed by atoms with Gasteiger partial charge in [0, 0.05) is 36.9 Å². The van der Waals surface area contributed by atoms with Gasteiger partial charge in [-0.2, -0.15) is 0 Å². The molecule has 0 fully saturated rings. The van der Waals surface area contributed by atoms with E-state index in [0.29, 0.717) is 0 Å². The van der Waals surface area contributed by atoms with Gasteiger partial charge in [-0.05, 0) is 97.7 Å². The predicted octanol–water partition coefficient (Wildman–Crippen LogP) is 14.3. The van der Waals surface area contributed by atoms with E-state index in [2.05, 4.69) is 193 Å². The van der Waals surface area contributed by atoms with Crippen LogP contribution in [0.1, 0.15) is 0 Å². The van der Waals surface area contributed by atoms with Crippen molar-refractivity contribution < 1.29 is 0 Å². The number of rotatable bonds is 5. The number of hydrogen-bond acceptors (Lipinski definition) is 2. The van der Waals surface area contributed by atoms with Crippen LogP contribution in [0.3, 0.4) is 0 Å². The summed E-state index contributed by atoms with van der Waals surface area (Å²) in [6.45, 7) is 0. The molecule has 2 heteroatoms. The summed E-state index contributed by atoms with van der Waals surface area (Å²) in [5.41, 5.74) is 8.28. The van der Waals surface area contributed by atoms with Crippen molar-refractivity contribution in [2.24, 2.45) is 0 Å². The van der Waals surface area contributed by atoms with Crippen LogP contribution in [0.2, 0.25) is 0 Å². The van der Waals surface area contributed by atoms with Crippen LogP contribution in [-0.2, 0) is 0 Å². The van der Waals surface area contributed by atoms with Crippen molar-refractivity contribution in [1.29, 1.82) is 0 Å². The minimum Gasteiger partial charge on any atom is -0.310 e. The summed E-state index contributed by atoms with van der Waals surface area (Å²) < 4.78 is 2.62. The van der Waals surface area contributed by atoms with Gasteiger partial charge in [-0.3, -0.25) is 0 Å². The molecule has 0 atom stereocenters. The van der Waals surface area contributed by atoms with Gasteiger partial charge in [-0.15, -0.1) is 11.3 Å².